The predicted molar refractivity (Wildman–Crippen MR) is 57.0 cm³/mol. The van der Waals surface area contributed by atoms with Crippen molar-refractivity contribution in [2.24, 2.45) is 5.92 Å². The summed E-state index contributed by atoms with van der Waals surface area (Å²) < 4.78 is 6.77. The van der Waals surface area contributed by atoms with E-state index in [-0.39, 0.29) is 18.7 Å². The third-order valence-corrected chi connectivity index (χ3v) is 2.07. The van der Waals surface area contributed by atoms with Crippen molar-refractivity contribution in [3.63, 3.8) is 0 Å². The van der Waals surface area contributed by atoms with E-state index in [9.17, 15) is 9.59 Å². The van der Waals surface area contributed by atoms with Crippen LogP contribution in [0.2, 0.25) is 0 Å². The topological polar surface area (TPSA) is 46.2 Å². The van der Waals surface area contributed by atoms with Gasteiger partial charge in [-0.05, 0) is 12.8 Å². The van der Waals surface area contributed by atoms with Gasteiger partial charge in [-0.1, -0.05) is 20.3 Å². The number of ketones is 1. The summed E-state index contributed by atoms with van der Waals surface area (Å²) in [5, 5.41) is 2.63. The van der Waals surface area contributed by atoms with E-state index in [1.165, 1.54) is 0 Å². The van der Waals surface area contributed by atoms with Gasteiger partial charge in [0.1, 0.15) is 5.78 Å². The molecule has 0 atom stereocenters. The standard InChI is InChI=1S/C11H21NO2/c1-9(2)11(14)7-5-4-6-8-12-10(3)13/h9H,4-8H2,1-3H3,(H,12,13)/i3T. The van der Waals surface area contributed by atoms with Gasteiger partial charge in [-0.15, -0.1) is 0 Å². The Hall–Kier alpha value is -0.860. The second-order valence-electron chi connectivity index (χ2n) is 3.78. The van der Waals surface area contributed by atoms with E-state index < -0.39 is 0 Å². The largest absolute Gasteiger partial charge is 0.356 e. The van der Waals surface area contributed by atoms with Crippen LogP contribution in [0.4, 0.5) is 0 Å². The monoisotopic (exact) mass is 201 g/mol. The molecular weight excluding hydrogens is 178 g/mol. The van der Waals surface area contributed by atoms with Crippen molar-refractivity contribution in [3.8, 4) is 0 Å². The van der Waals surface area contributed by atoms with E-state index in [1.807, 2.05) is 13.8 Å². The molecule has 0 aliphatic heterocycles. The summed E-state index contributed by atoms with van der Waals surface area (Å²) in [5.74, 6) is 0.214. The molecular formula is C11H21NO2. The van der Waals surface area contributed by atoms with Gasteiger partial charge in [-0.3, -0.25) is 9.59 Å². The van der Waals surface area contributed by atoms with Crippen LogP contribution in [0.15, 0.2) is 0 Å². The Labute approximate surface area is 87.7 Å². The summed E-state index contributed by atoms with van der Waals surface area (Å²) in [6, 6.07) is 0. The summed E-state index contributed by atoms with van der Waals surface area (Å²) in [7, 11) is 0. The molecule has 82 valence electrons. The number of rotatable bonds is 7. The van der Waals surface area contributed by atoms with Crippen molar-refractivity contribution in [2.75, 3.05) is 6.54 Å². The molecule has 0 saturated heterocycles. The van der Waals surface area contributed by atoms with Gasteiger partial charge in [0.2, 0.25) is 5.91 Å². The predicted octanol–water partition coefficient (Wildman–Crippen LogP) is 1.91. The molecule has 0 unspecified atom stereocenters. The quantitative estimate of drug-likeness (QED) is 0.639. The second-order valence-corrected chi connectivity index (χ2v) is 3.78. The number of amides is 1. The first-order chi connectivity index (χ1) is 7.07. The molecule has 0 saturated carbocycles. The van der Waals surface area contributed by atoms with Crippen molar-refractivity contribution in [1.29, 1.82) is 0 Å². The molecule has 0 aromatic carbocycles. The minimum absolute atomic E-state index is 0.132. The Kier molecular flexibility index (Phi) is 6.04. The fourth-order valence-electron chi connectivity index (χ4n) is 1.12. The normalized spacial score (nSPS) is 11.2. The molecule has 3 nitrogen and oxygen atoms in total. The fraction of sp³-hybridized carbons (Fsp3) is 0.818. The van der Waals surface area contributed by atoms with Crippen LogP contribution in [-0.4, -0.2) is 18.2 Å². The number of hydrogen-bond donors (Lipinski definition) is 1. The first-order valence-corrected chi connectivity index (χ1v) is 5.16. The zero-order valence-electron chi connectivity index (χ0n) is 10.1. The van der Waals surface area contributed by atoms with E-state index >= 15 is 0 Å². The molecule has 0 bridgehead atoms. The number of unbranched alkanes of at least 4 members (excludes halogenated alkanes) is 2. The highest BCUT2D eigenvalue weighted by molar-refractivity contribution is 5.80. The third kappa shape index (κ3) is 7.77. The zero-order valence-corrected chi connectivity index (χ0v) is 9.14. The van der Waals surface area contributed by atoms with Gasteiger partial charge in [0.05, 0.1) is 0 Å². The van der Waals surface area contributed by atoms with Crippen LogP contribution in [-0.2, 0) is 9.59 Å². The first kappa shape index (κ1) is 11.2. The van der Waals surface area contributed by atoms with Crippen molar-refractivity contribution in [2.45, 2.75) is 46.4 Å². The lowest BCUT2D eigenvalue weighted by Gasteiger charge is -2.04. The van der Waals surface area contributed by atoms with E-state index in [2.05, 4.69) is 5.32 Å². The molecule has 3 heteroatoms. The van der Waals surface area contributed by atoms with Crippen LogP contribution in [0.5, 0.6) is 0 Å². The molecule has 0 aliphatic rings. The highest BCUT2D eigenvalue weighted by Gasteiger charge is 2.05. The van der Waals surface area contributed by atoms with Crippen LogP contribution in [0.3, 0.4) is 0 Å². The summed E-state index contributed by atoms with van der Waals surface area (Å²) in [6.45, 7) is 4.24. The van der Waals surface area contributed by atoms with Gasteiger partial charge in [0.15, 0.2) is 0 Å². The molecule has 0 spiro atoms. The number of carbonyl (C=O) groups is 2. The molecule has 0 aromatic heterocycles. The first-order valence-electron chi connectivity index (χ1n) is 5.87. The SMILES string of the molecule is [3H]CC(=O)NCCCCCC(=O)C(C)C. The van der Waals surface area contributed by atoms with E-state index in [0.717, 1.165) is 19.3 Å². The smallest absolute Gasteiger partial charge is 0.216 e. The summed E-state index contributed by atoms with van der Waals surface area (Å²) in [6.07, 6.45) is 3.38. The summed E-state index contributed by atoms with van der Waals surface area (Å²) >= 11 is 0. The highest BCUT2D eigenvalue weighted by Crippen LogP contribution is 2.05. The number of hydrogen-bond acceptors (Lipinski definition) is 2. The van der Waals surface area contributed by atoms with Gasteiger partial charge in [0, 0.05) is 27.2 Å². The molecule has 14 heavy (non-hydrogen) atoms. The fourth-order valence-corrected chi connectivity index (χ4v) is 1.12. The molecule has 0 fully saturated rings. The lowest BCUT2D eigenvalue weighted by molar-refractivity contribution is -0.122. The Bertz CT molecular complexity index is 205. The highest BCUT2D eigenvalue weighted by atomic mass is 16.1. The average molecular weight is 201 g/mol. The molecule has 1 amide bonds. The molecule has 0 heterocycles. The second kappa shape index (κ2) is 7.54. The molecule has 0 radical (unpaired) electrons. The van der Waals surface area contributed by atoms with Crippen LogP contribution in [0.1, 0.15) is 47.8 Å². The van der Waals surface area contributed by atoms with Gasteiger partial charge in [0.25, 0.3) is 0 Å². The van der Waals surface area contributed by atoms with E-state index in [0.29, 0.717) is 18.7 Å². The molecule has 1 N–H and O–H groups in total. The lowest BCUT2D eigenvalue weighted by Crippen LogP contribution is -2.20. The maximum absolute atomic E-state index is 11.2. The molecule has 0 rings (SSSR count). The molecule has 0 aliphatic carbocycles. The minimum Gasteiger partial charge on any atom is -0.356 e. The third-order valence-electron chi connectivity index (χ3n) is 2.07. The van der Waals surface area contributed by atoms with Crippen LogP contribution in [0, 0.1) is 5.92 Å². The van der Waals surface area contributed by atoms with Gasteiger partial charge in [-0.25, -0.2) is 0 Å². The van der Waals surface area contributed by atoms with Crippen molar-refractivity contribution in [1.82, 2.24) is 5.32 Å². The Morgan fingerprint density at radius 3 is 2.57 bits per heavy atom. The molecule has 0 aromatic rings. The van der Waals surface area contributed by atoms with Crippen molar-refractivity contribution < 1.29 is 11.0 Å². The van der Waals surface area contributed by atoms with Crippen molar-refractivity contribution >= 4 is 11.7 Å². The summed E-state index contributed by atoms with van der Waals surface area (Å²) in [4.78, 5) is 21.9. The minimum atomic E-state index is -0.228. The zero-order chi connectivity index (χ0) is 11.7. The van der Waals surface area contributed by atoms with Gasteiger partial charge in [-0.2, -0.15) is 0 Å². The van der Waals surface area contributed by atoms with Gasteiger partial charge < -0.3 is 5.32 Å². The van der Waals surface area contributed by atoms with Crippen LogP contribution < -0.4 is 5.32 Å². The van der Waals surface area contributed by atoms with E-state index in [4.69, 9.17) is 1.37 Å². The Morgan fingerprint density at radius 2 is 2.00 bits per heavy atom. The lowest BCUT2D eigenvalue weighted by atomic mass is 10.0. The Morgan fingerprint density at radius 1 is 1.29 bits per heavy atom. The van der Waals surface area contributed by atoms with Gasteiger partial charge >= 0.3 is 0 Å². The number of Topliss-reactive ketones (excluding diaryl/α,β-unsaturated/α-hetero) is 1. The number of carbonyl (C=O) groups excluding carboxylic acids is 2. The average Bonchev–Trinajstić information content (AvgIpc) is 2.22. The van der Waals surface area contributed by atoms with Crippen molar-refractivity contribution in [3.05, 3.63) is 0 Å². The Balaban J connectivity index is 3.25. The van der Waals surface area contributed by atoms with Crippen LogP contribution >= 0.6 is 0 Å². The van der Waals surface area contributed by atoms with E-state index in [1.54, 1.807) is 0 Å². The summed E-state index contributed by atoms with van der Waals surface area (Å²) in [5.41, 5.74) is 0. The van der Waals surface area contributed by atoms with Crippen LogP contribution in [0.25, 0.3) is 0 Å². The maximum atomic E-state index is 11.2. The number of nitrogens with one attached hydrogen (secondary N) is 1. The maximum Gasteiger partial charge on any atom is 0.216 e.